The summed E-state index contributed by atoms with van der Waals surface area (Å²) in [6, 6.07) is 7.35. The van der Waals surface area contributed by atoms with Crippen molar-refractivity contribution in [2.45, 2.75) is 31.2 Å². The number of rotatable bonds is 4. The second-order valence-electron chi connectivity index (χ2n) is 6.78. The molecule has 0 radical (unpaired) electrons. The largest absolute Gasteiger partial charge is 0.501 e. The van der Waals surface area contributed by atoms with Gasteiger partial charge in [0.1, 0.15) is 12.8 Å². The molecule has 1 amide bonds. The minimum absolute atomic E-state index is 0.134. The topological polar surface area (TPSA) is 123 Å². The Labute approximate surface area is 164 Å². The number of aliphatic hydroxyl groups is 2. The zero-order chi connectivity index (χ0) is 21.3. The van der Waals surface area contributed by atoms with Crippen molar-refractivity contribution < 1.29 is 38.4 Å². The number of aliphatic carboxylic acids is 1. The summed E-state index contributed by atoms with van der Waals surface area (Å²) >= 11 is 0. The van der Waals surface area contributed by atoms with Gasteiger partial charge in [0.05, 0.1) is 12.6 Å². The lowest BCUT2D eigenvalue weighted by Gasteiger charge is -2.36. The molecule has 0 aliphatic carbocycles. The molecule has 1 fully saturated rings. The van der Waals surface area contributed by atoms with Crippen LogP contribution in [0.5, 0.6) is 0 Å². The first-order valence-corrected chi connectivity index (χ1v) is 8.62. The number of benzene rings is 1. The Balaban J connectivity index is 1.84. The first-order chi connectivity index (χ1) is 13.6. The lowest BCUT2D eigenvalue weighted by molar-refractivity contribution is -0.129. The third kappa shape index (κ3) is 4.08. The number of hydrogen-bond donors (Lipinski definition) is 3. The highest BCUT2D eigenvalue weighted by Crippen LogP contribution is 2.37. The summed E-state index contributed by atoms with van der Waals surface area (Å²) in [5.41, 5.74) is -0.215. The fourth-order valence-corrected chi connectivity index (χ4v) is 3.29. The van der Waals surface area contributed by atoms with Gasteiger partial charge in [0.2, 0.25) is 11.6 Å². The molecule has 29 heavy (non-hydrogen) atoms. The van der Waals surface area contributed by atoms with E-state index in [1.165, 1.54) is 7.05 Å². The van der Waals surface area contributed by atoms with E-state index in [1.807, 2.05) is 0 Å². The monoisotopic (exact) mass is 411 g/mol. The van der Waals surface area contributed by atoms with Crippen LogP contribution in [0, 0.1) is 0 Å². The van der Waals surface area contributed by atoms with Crippen LogP contribution in [-0.4, -0.2) is 74.6 Å². The predicted octanol–water partition coefficient (Wildman–Crippen LogP) is 2.11. The minimum atomic E-state index is -3.25. The molecule has 2 aliphatic rings. The molecule has 1 aromatic rings. The molecule has 9 nitrogen and oxygen atoms in total. The van der Waals surface area contributed by atoms with Gasteiger partial charge >= 0.3 is 12.1 Å². The van der Waals surface area contributed by atoms with Crippen LogP contribution < -0.4 is 0 Å². The molecule has 0 bridgehead atoms. The molecule has 3 rings (SSSR count). The average molecular weight is 411 g/mol. The minimum Gasteiger partial charge on any atom is -0.501 e. The number of aliphatic hydroxyl groups excluding tert-OH is 2. The van der Waals surface area contributed by atoms with Crippen molar-refractivity contribution >= 4 is 17.8 Å². The maximum Gasteiger partial charge on any atom is 0.410 e. The van der Waals surface area contributed by atoms with Crippen molar-refractivity contribution in [1.82, 2.24) is 9.80 Å². The Morgan fingerprint density at radius 2 is 1.93 bits per heavy atom. The number of halogens is 2. The molecular weight excluding hydrogens is 392 g/mol. The van der Waals surface area contributed by atoms with Crippen molar-refractivity contribution in [2.24, 2.45) is 4.99 Å². The van der Waals surface area contributed by atoms with Gasteiger partial charge in [-0.2, -0.15) is 0 Å². The molecule has 2 atom stereocenters. The molecule has 3 N–H and O–H groups in total. The van der Waals surface area contributed by atoms with E-state index in [-0.39, 0.29) is 6.61 Å². The van der Waals surface area contributed by atoms with Gasteiger partial charge in [0.15, 0.2) is 5.71 Å². The van der Waals surface area contributed by atoms with Crippen molar-refractivity contribution in [3.05, 3.63) is 47.5 Å². The Bertz CT molecular complexity index is 874. The molecule has 0 aromatic heterocycles. The number of amides is 1. The summed E-state index contributed by atoms with van der Waals surface area (Å²) in [6.07, 6.45) is -3.18. The molecule has 1 saturated heterocycles. The van der Waals surface area contributed by atoms with Gasteiger partial charge in [0, 0.05) is 13.5 Å². The summed E-state index contributed by atoms with van der Waals surface area (Å²) < 4.78 is 33.4. The number of carbonyl (C=O) groups is 2. The second kappa shape index (κ2) is 7.57. The first kappa shape index (κ1) is 20.4. The van der Waals surface area contributed by atoms with Gasteiger partial charge in [-0.25, -0.2) is 23.4 Å². The number of alkyl halides is 2. The molecule has 1 aromatic carbocycles. The van der Waals surface area contributed by atoms with Gasteiger partial charge in [-0.1, -0.05) is 30.3 Å². The average Bonchev–Trinajstić information content (AvgIpc) is 3.00. The highest BCUT2D eigenvalue weighted by atomic mass is 19.3. The van der Waals surface area contributed by atoms with Crippen LogP contribution >= 0.6 is 0 Å². The third-order valence-corrected chi connectivity index (χ3v) is 4.72. The van der Waals surface area contributed by atoms with E-state index < -0.39 is 60.5 Å². The van der Waals surface area contributed by atoms with E-state index in [4.69, 9.17) is 9.84 Å². The van der Waals surface area contributed by atoms with E-state index >= 15 is 0 Å². The highest BCUT2D eigenvalue weighted by molar-refractivity contribution is 6.42. The maximum atomic E-state index is 14.1. The molecule has 1 unspecified atom stereocenters. The summed E-state index contributed by atoms with van der Waals surface area (Å²) in [6.45, 7) is -1.07. The number of carbonyl (C=O) groups excluding carboxylic acids is 1. The summed E-state index contributed by atoms with van der Waals surface area (Å²) in [5.74, 6) is -6.72. The number of likely N-dealkylation sites (N-methyl/N-ethyl adjacent to an activating group) is 1. The summed E-state index contributed by atoms with van der Waals surface area (Å²) in [4.78, 5) is 29.2. The Morgan fingerprint density at radius 1 is 1.28 bits per heavy atom. The fraction of sp³-hybridized carbons (Fsp3) is 0.389. The first-order valence-electron chi connectivity index (χ1n) is 8.62. The van der Waals surface area contributed by atoms with Crippen molar-refractivity contribution in [3.8, 4) is 0 Å². The van der Waals surface area contributed by atoms with E-state index in [0.717, 1.165) is 9.80 Å². The van der Waals surface area contributed by atoms with E-state index in [2.05, 4.69) is 4.99 Å². The van der Waals surface area contributed by atoms with Crippen LogP contribution in [0.3, 0.4) is 0 Å². The van der Waals surface area contributed by atoms with Gasteiger partial charge in [0.25, 0.3) is 5.92 Å². The van der Waals surface area contributed by atoms with Crippen molar-refractivity contribution in [3.63, 3.8) is 0 Å². The highest BCUT2D eigenvalue weighted by Gasteiger charge is 2.53. The lowest BCUT2D eigenvalue weighted by atomic mass is 10.1. The summed E-state index contributed by atoms with van der Waals surface area (Å²) in [5, 5.41) is 28.9. The molecule has 11 heteroatoms. The Hall–Kier alpha value is -3.37. The smallest absolute Gasteiger partial charge is 0.410 e. The molecule has 156 valence electrons. The van der Waals surface area contributed by atoms with Gasteiger partial charge in [-0.05, 0) is 5.56 Å². The van der Waals surface area contributed by atoms with Crippen LogP contribution in [-0.2, 0) is 16.1 Å². The van der Waals surface area contributed by atoms with Crippen LogP contribution in [0.1, 0.15) is 12.0 Å². The van der Waals surface area contributed by atoms with Crippen LogP contribution in [0.15, 0.2) is 47.0 Å². The van der Waals surface area contributed by atoms with Crippen LogP contribution in [0.25, 0.3) is 0 Å². The van der Waals surface area contributed by atoms with Gasteiger partial charge in [-0.15, -0.1) is 0 Å². The standard InChI is InChI=1S/C18H19F2N3O6/c1-22-14(21-12(16(26)27)13(24)15(22)25)11-7-18(19,20)9-23(11)17(28)29-8-10-5-3-2-4-6-10/h2-6,11,14,24-25H,7-9H2,1H3,(H,26,27)/t11-,14?/m0/s1. The number of ether oxygens (including phenoxy) is 1. The van der Waals surface area contributed by atoms with Crippen LogP contribution in [0.2, 0.25) is 0 Å². The molecule has 0 saturated carbocycles. The quantitative estimate of drug-likeness (QED) is 0.693. The lowest BCUT2D eigenvalue weighted by Crippen LogP contribution is -2.51. The SMILES string of the molecule is CN1C(O)=C(O)C(C(=O)O)=NC1[C@@H]1CC(F)(F)CN1C(=O)OCc1ccccc1. The Kier molecular flexibility index (Phi) is 5.31. The molecule has 0 spiro atoms. The third-order valence-electron chi connectivity index (χ3n) is 4.72. The van der Waals surface area contributed by atoms with Gasteiger partial charge < -0.3 is 25.0 Å². The maximum absolute atomic E-state index is 14.1. The normalized spacial score (nSPS) is 23.8. The predicted molar refractivity (Wildman–Crippen MR) is 95.6 cm³/mol. The molecule has 2 heterocycles. The van der Waals surface area contributed by atoms with E-state index in [1.54, 1.807) is 30.3 Å². The summed E-state index contributed by atoms with van der Waals surface area (Å²) in [7, 11) is 1.24. The number of hydrogen-bond acceptors (Lipinski definition) is 7. The van der Waals surface area contributed by atoms with Crippen molar-refractivity contribution in [1.29, 1.82) is 0 Å². The number of aliphatic imine (C=N–C) groups is 1. The number of carboxylic acid groups (broad SMARTS) is 1. The second-order valence-corrected chi connectivity index (χ2v) is 6.78. The zero-order valence-corrected chi connectivity index (χ0v) is 15.3. The number of nitrogens with zero attached hydrogens (tertiary/aromatic N) is 3. The van der Waals surface area contributed by atoms with Gasteiger partial charge in [-0.3, -0.25) is 4.90 Å². The zero-order valence-electron chi connectivity index (χ0n) is 15.3. The number of likely N-dealkylation sites (tertiary alicyclic amines) is 1. The van der Waals surface area contributed by atoms with Crippen molar-refractivity contribution in [2.75, 3.05) is 13.6 Å². The fourth-order valence-electron chi connectivity index (χ4n) is 3.29. The molecular formula is C18H19F2N3O6. The van der Waals surface area contributed by atoms with E-state index in [9.17, 15) is 28.6 Å². The Morgan fingerprint density at radius 3 is 2.55 bits per heavy atom. The molecule has 2 aliphatic heterocycles. The number of carboxylic acids is 1. The van der Waals surface area contributed by atoms with E-state index in [0.29, 0.717) is 5.56 Å². The van der Waals surface area contributed by atoms with Crippen LogP contribution in [0.4, 0.5) is 13.6 Å².